The van der Waals surface area contributed by atoms with E-state index in [4.69, 9.17) is 0 Å². The third-order valence-electron chi connectivity index (χ3n) is 5.36. The summed E-state index contributed by atoms with van der Waals surface area (Å²) >= 11 is 1.52. The van der Waals surface area contributed by atoms with Crippen molar-refractivity contribution in [2.24, 2.45) is 0 Å². The van der Waals surface area contributed by atoms with Crippen LogP contribution in [0.3, 0.4) is 0 Å². The van der Waals surface area contributed by atoms with Crippen molar-refractivity contribution < 1.29 is 9.59 Å². The molecule has 1 aromatic heterocycles. The Labute approximate surface area is 181 Å². The van der Waals surface area contributed by atoms with Gasteiger partial charge in [-0.15, -0.1) is 11.3 Å². The molecule has 30 heavy (non-hydrogen) atoms. The summed E-state index contributed by atoms with van der Waals surface area (Å²) < 4.78 is 0. The number of benzene rings is 1. The fraction of sp³-hybridized carbons (Fsp3) is 0.435. The first-order chi connectivity index (χ1) is 14.4. The van der Waals surface area contributed by atoms with E-state index in [1.807, 2.05) is 32.0 Å². The molecule has 0 aliphatic heterocycles. The minimum atomic E-state index is -0.217. The zero-order chi connectivity index (χ0) is 21.7. The number of nitriles is 1. The van der Waals surface area contributed by atoms with Gasteiger partial charge >= 0.3 is 0 Å². The number of hydrogen-bond acceptors (Lipinski definition) is 5. The Bertz CT molecular complexity index is 970. The van der Waals surface area contributed by atoms with Crippen LogP contribution in [-0.2, 0) is 22.4 Å². The van der Waals surface area contributed by atoms with E-state index in [1.165, 1.54) is 22.6 Å². The molecule has 0 fully saturated rings. The summed E-state index contributed by atoms with van der Waals surface area (Å²) in [5.74, 6) is -0.381. The minimum Gasteiger partial charge on any atom is -0.324 e. The summed E-state index contributed by atoms with van der Waals surface area (Å²) in [6.45, 7) is 4.09. The lowest BCUT2D eigenvalue weighted by molar-refractivity contribution is -0.119. The number of nitrogens with one attached hydrogen (secondary N) is 2. The van der Waals surface area contributed by atoms with Gasteiger partial charge in [0.25, 0.3) is 0 Å². The largest absolute Gasteiger partial charge is 0.324 e. The molecule has 1 heterocycles. The summed E-state index contributed by atoms with van der Waals surface area (Å²) in [4.78, 5) is 27.8. The predicted octanol–water partition coefficient (Wildman–Crippen LogP) is 4.01. The molecule has 2 N–H and O–H groups in total. The number of rotatable bonds is 6. The van der Waals surface area contributed by atoms with Crippen molar-refractivity contribution in [2.45, 2.75) is 46.0 Å². The van der Waals surface area contributed by atoms with Crippen molar-refractivity contribution in [1.82, 2.24) is 4.90 Å². The highest BCUT2D eigenvalue weighted by Crippen LogP contribution is 2.36. The molecule has 1 aliphatic rings. The Kier molecular flexibility index (Phi) is 7.24. The van der Waals surface area contributed by atoms with Crippen LogP contribution in [0.25, 0.3) is 0 Å². The van der Waals surface area contributed by atoms with Crippen molar-refractivity contribution in [3.8, 4) is 6.07 Å². The van der Waals surface area contributed by atoms with E-state index >= 15 is 0 Å². The number of carbonyl (C=O) groups is 2. The molecule has 0 bridgehead atoms. The maximum absolute atomic E-state index is 12.5. The normalized spacial score (nSPS) is 13.3. The van der Waals surface area contributed by atoms with Gasteiger partial charge < -0.3 is 10.6 Å². The van der Waals surface area contributed by atoms with Crippen LogP contribution < -0.4 is 10.6 Å². The standard InChI is InChI=1S/C23H28N4O2S/c1-15-8-7-9-16(2)22(15)25-20(28)13-27(3)14-21(29)26-23-18(12-24)17-10-5-4-6-11-19(17)30-23/h7-9H,4-6,10-11,13-14H2,1-3H3,(H,25,28)(H,26,29). The first-order valence-electron chi connectivity index (χ1n) is 10.3. The van der Waals surface area contributed by atoms with Crippen molar-refractivity contribution in [3.05, 3.63) is 45.3 Å². The molecular formula is C23H28N4O2S. The third-order valence-corrected chi connectivity index (χ3v) is 6.57. The van der Waals surface area contributed by atoms with Gasteiger partial charge in [-0.1, -0.05) is 24.6 Å². The maximum Gasteiger partial charge on any atom is 0.239 e. The number of amides is 2. The third kappa shape index (κ3) is 5.26. The number of aryl methyl sites for hydroxylation is 3. The molecule has 0 saturated heterocycles. The average Bonchev–Trinajstić information content (AvgIpc) is 2.83. The van der Waals surface area contributed by atoms with Crippen molar-refractivity contribution in [2.75, 3.05) is 30.8 Å². The van der Waals surface area contributed by atoms with Crippen LogP contribution >= 0.6 is 11.3 Å². The van der Waals surface area contributed by atoms with E-state index in [-0.39, 0.29) is 24.9 Å². The maximum atomic E-state index is 12.5. The number of para-hydroxylation sites is 1. The molecular weight excluding hydrogens is 396 g/mol. The molecule has 7 heteroatoms. The molecule has 1 aromatic carbocycles. The second-order valence-corrected chi connectivity index (χ2v) is 9.02. The van der Waals surface area contributed by atoms with Gasteiger partial charge in [0.1, 0.15) is 11.1 Å². The lowest BCUT2D eigenvalue weighted by Crippen LogP contribution is -2.36. The highest BCUT2D eigenvalue weighted by Gasteiger charge is 2.21. The van der Waals surface area contributed by atoms with Crippen LogP contribution in [0, 0.1) is 25.2 Å². The second-order valence-electron chi connectivity index (χ2n) is 7.92. The molecule has 3 rings (SSSR count). The van der Waals surface area contributed by atoms with E-state index in [1.54, 1.807) is 11.9 Å². The van der Waals surface area contributed by atoms with Gasteiger partial charge in [0, 0.05) is 10.6 Å². The van der Waals surface area contributed by atoms with E-state index in [9.17, 15) is 14.9 Å². The zero-order valence-corrected chi connectivity index (χ0v) is 18.6. The van der Waals surface area contributed by atoms with Crippen molar-refractivity contribution >= 4 is 33.8 Å². The molecule has 0 radical (unpaired) electrons. The molecule has 0 atom stereocenters. The topological polar surface area (TPSA) is 85.2 Å². The summed E-state index contributed by atoms with van der Waals surface area (Å²) in [5.41, 5.74) is 4.55. The molecule has 0 spiro atoms. The number of anilines is 2. The molecule has 0 saturated carbocycles. The van der Waals surface area contributed by atoms with Gasteiger partial charge in [-0.2, -0.15) is 5.26 Å². The van der Waals surface area contributed by atoms with Crippen LogP contribution in [0.15, 0.2) is 18.2 Å². The number of likely N-dealkylation sites (N-methyl/N-ethyl adjacent to an activating group) is 1. The monoisotopic (exact) mass is 424 g/mol. The SMILES string of the molecule is Cc1cccc(C)c1NC(=O)CN(C)CC(=O)Nc1sc2c(c1C#N)CCCCC2. The Balaban J connectivity index is 1.57. The Morgan fingerprint density at radius 1 is 1.07 bits per heavy atom. The fourth-order valence-electron chi connectivity index (χ4n) is 3.85. The Morgan fingerprint density at radius 2 is 1.70 bits per heavy atom. The predicted molar refractivity (Wildman–Crippen MR) is 121 cm³/mol. The van der Waals surface area contributed by atoms with Gasteiger partial charge in [0.15, 0.2) is 0 Å². The van der Waals surface area contributed by atoms with Crippen LogP contribution in [0.2, 0.25) is 0 Å². The van der Waals surface area contributed by atoms with Gasteiger partial charge in [0.05, 0.1) is 18.7 Å². The van der Waals surface area contributed by atoms with Crippen molar-refractivity contribution in [1.29, 1.82) is 5.26 Å². The number of thiophene rings is 1. The van der Waals surface area contributed by atoms with E-state index in [0.717, 1.165) is 48.1 Å². The number of fused-ring (bicyclic) bond motifs is 1. The summed E-state index contributed by atoms with van der Waals surface area (Å²) in [5, 5.41) is 16.1. The summed E-state index contributed by atoms with van der Waals surface area (Å²) in [6.07, 6.45) is 5.28. The second kappa shape index (κ2) is 9.88. The average molecular weight is 425 g/mol. The number of carbonyl (C=O) groups excluding carboxylic acids is 2. The lowest BCUT2D eigenvalue weighted by atomic mass is 10.1. The number of nitrogens with zero attached hydrogens (tertiary/aromatic N) is 2. The molecule has 1 aliphatic carbocycles. The quantitative estimate of drug-likeness (QED) is 0.686. The smallest absolute Gasteiger partial charge is 0.239 e. The highest BCUT2D eigenvalue weighted by molar-refractivity contribution is 7.16. The van der Waals surface area contributed by atoms with E-state index < -0.39 is 0 Å². The van der Waals surface area contributed by atoms with Gasteiger partial charge in [-0.25, -0.2) is 0 Å². The van der Waals surface area contributed by atoms with Crippen LogP contribution in [0.5, 0.6) is 0 Å². The van der Waals surface area contributed by atoms with Crippen molar-refractivity contribution in [3.63, 3.8) is 0 Å². The van der Waals surface area contributed by atoms with Gasteiger partial charge in [-0.05, 0) is 63.3 Å². The molecule has 6 nitrogen and oxygen atoms in total. The molecule has 2 amide bonds. The minimum absolute atomic E-state index is 0.0770. The lowest BCUT2D eigenvalue weighted by Gasteiger charge is -2.17. The first-order valence-corrected chi connectivity index (χ1v) is 11.1. The highest BCUT2D eigenvalue weighted by atomic mass is 32.1. The van der Waals surface area contributed by atoms with Gasteiger partial charge in [-0.3, -0.25) is 14.5 Å². The zero-order valence-electron chi connectivity index (χ0n) is 17.8. The van der Waals surface area contributed by atoms with Crippen LogP contribution in [-0.4, -0.2) is 36.9 Å². The van der Waals surface area contributed by atoms with E-state index in [0.29, 0.717) is 10.6 Å². The Morgan fingerprint density at radius 3 is 2.37 bits per heavy atom. The molecule has 158 valence electrons. The van der Waals surface area contributed by atoms with Crippen LogP contribution in [0.1, 0.15) is 46.4 Å². The van der Waals surface area contributed by atoms with Gasteiger partial charge in [0.2, 0.25) is 11.8 Å². The van der Waals surface area contributed by atoms with E-state index in [2.05, 4.69) is 16.7 Å². The molecule has 0 unspecified atom stereocenters. The fourth-order valence-corrected chi connectivity index (χ4v) is 5.11. The number of hydrogen-bond donors (Lipinski definition) is 2. The summed E-state index contributed by atoms with van der Waals surface area (Å²) in [6, 6.07) is 8.14. The van der Waals surface area contributed by atoms with Crippen LogP contribution in [0.4, 0.5) is 10.7 Å². The molecule has 2 aromatic rings. The summed E-state index contributed by atoms with van der Waals surface area (Å²) in [7, 11) is 1.73. The Hall–Kier alpha value is -2.69. The first kappa shape index (κ1) is 22.0.